The molecule has 4 heteroatoms. The van der Waals surface area contributed by atoms with E-state index in [1.807, 2.05) is 31.2 Å². The molecule has 0 amide bonds. The van der Waals surface area contributed by atoms with Crippen molar-refractivity contribution in [1.82, 2.24) is 4.98 Å². The first kappa shape index (κ1) is 11.5. The molecule has 1 atom stereocenters. The summed E-state index contributed by atoms with van der Waals surface area (Å²) in [5, 5.41) is 10.9. The summed E-state index contributed by atoms with van der Waals surface area (Å²) in [6.45, 7) is 1.93. The molecule has 2 aromatic rings. The molecule has 0 radical (unpaired) electrons. The lowest BCUT2D eigenvalue weighted by molar-refractivity contribution is -0.138. The fourth-order valence-electron chi connectivity index (χ4n) is 1.83. The molecule has 0 saturated carbocycles. The van der Waals surface area contributed by atoms with Gasteiger partial charge in [0, 0.05) is 17.3 Å². The van der Waals surface area contributed by atoms with E-state index in [-0.39, 0.29) is 0 Å². The second kappa shape index (κ2) is 4.51. The van der Waals surface area contributed by atoms with Gasteiger partial charge in [0.25, 0.3) is 0 Å². The fourth-order valence-corrected chi connectivity index (χ4v) is 1.83. The Morgan fingerprint density at radius 3 is 2.94 bits per heavy atom. The van der Waals surface area contributed by atoms with Gasteiger partial charge < -0.3 is 10.8 Å². The highest BCUT2D eigenvalue weighted by atomic mass is 16.4. The van der Waals surface area contributed by atoms with E-state index < -0.39 is 12.0 Å². The second-order valence-electron chi connectivity index (χ2n) is 4.10. The number of carboxylic acids is 1. The zero-order chi connectivity index (χ0) is 12.4. The molecular weight excluding hydrogens is 216 g/mol. The number of hydrogen-bond acceptors (Lipinski definition) is 3. The lowest BCUT2D eigenvalue weighted by Gasteiger charge is -2.08. The van der Waals surface area contributed by atoms with Crippen molar-refractivity contribution in [3.63, 3.8) is 0 Å². The van der Waals surface area contributed by atoms with Gasteiger partial charge >= 0.3 is 5.97 Å². The van der Waals surface area contributed by atoms with Crippen molar-refractivity contribution in [3.05, 3.63) is 41.7 Å². The van der Waals surface area contributed by atoms with Crippen LogP contribution in [0.4, 0.5) is 0 Å². The Morgan fingerprint density at radius 1 is 1.47 bits per heavy atom. The number of carboxylic acid groups (broad SMARTS) is 1. The van der Waals surface area contributed by atoms with Gasteiger partial charge in [-0.15, -0.1) is 0 Å². The average Bonchev–Trinajstić information content (AvgIpc) is 2.30. The highest BCUT2D eigenvalue weighted by Crippen LogP contribution is 2.18. The predicted molar refractivity (Wildman–Crippen MR) is 65.8 cm³/mol. The molecule has 1 aromatic heterocycles. The smallest absolute Gasteiger partial charge is 0.320 e. The largest absolute Gasteiger partial charge is 0.480 e. The molecule has 0 fully saturated rings. The summed E-state index contributed by atoms with van der Waals surface area (Å²) in [4.78, 5) is 14.9. The monoisotopic (exact) mass is 230 g/mol. The third kappa shape index (κ3) is 2.42. The van der Waals surface area contributed by atoms with Crippen LogP contribution < -0.4 is 5.73 Å². The number of pyridine rings is 1. The van der Waals surface area contributed by atoms with Gasteiger partial charge in [0.15, 0.2) is 0 Å². The Hall–Kier alpha value is -1.94. The number of benzene rings is 1. The van der Waals surface area contributed by atoms with Crippen LogP contribution in [0.2, 0.25) is 0 Å². The van der Waals surface area contributed by atoms with Crippen LogP contribution in [0.1, 0.15) is 11.3 Å². The lowest BCUT2D eigenvalue weighted by atomic mass is 10.0. The van der Waals surface area contributed by atoms with Crippen molar-refractivity contribution in [2.75, 3.05) is 0 Å². The first-order chi connectivity index (χ1) is 8.08. The van der Waals surface area contributed by atoms with Gasteiger partial charge in [-0.2, -0.15) is 0 Å². The molecule has 0 aliphatic carbocycles. The molecule has 0 saturated heterocycles. The molecule has 3 N–H and O–H groups in total. The van der Waals surface area contributed by atoms with Crippen LogP contribution in [-0.2, 0) is 11.2 Å². The summed E-state index contributed by atoms with van der Waals surface area (Å²) in [5.41, 5.74) is 7.37. The number of hydrogen-bond donors (Lipinski definition) is 2. The molecular formula is C13H14N2O2. The molecule has 1 unspecified atom stereocenters. The van der Waals surface area contributed by atoms with Crippen molar-refractivity contribution in [3.8, 4) is 0 Å². The number of fused-ring (bicyclic) bond motifs is 1. The van der Waals surface area contributed by atoms with E-state index in [0.717, 1.165) is 22.0 Å². The number of carbonyl (C=O) groups is 1. The quantitative estimate of drug-likeness (QED) is 0.837. The van der Waals surface area contributed by atoms with Gasteiger partial charge in [-0.05, 0) is 36.4 Å². The summed E-state index contributed by atoms with van der Waals surface area (Å²) in [7, 11) is 0. The number of nitrogens with zero attached hydrogens (tertiary/aromatic N) is 1. The molecule has 2 rings (SSSR count). The third-order valence-corrected chi connectivity index (χ3v) is 2.80. The second-order valence-corrected chi connectivity index (χ2v) is 4.10. The molecule has 0 aliphatic heterocycles. The van der Waals surface area contributed by atoms with Crippen LogP contribution in [-0.4, -0.2) is 22.1 Å². The SMILES string of the molecule is Cc1nccc2ccc(CC(N)C(=O)O)cc12. The van der Waals surface area contributed by atoms with E-state index in [1.54, 1.807) is 6.20 Å². The van der Waals surface area contributed by atoms with E-state index >= 15 is 0 Å². The summed E-state index contributed by atoms with van der Waals surface area (Å²) in [6, 6.07) is 6.91. The van der Waals surface area contributed by atoms with Crippen LogP contribution in [0, 0.1) is 6.92 Å². The number of aliphatic carboxylic acids is 1. The maximum atomic E-state index is 10.7. The van der Waals surface area contributed by atoms with Gasteiger partial charge in [-0.1, -0.05) is 12.1 Å². The highest BCUT2D eigenvalue weighted by molar-refractivity contribution is 5.85. The van der Waals surface area contributed by atoms with Gasteiger partial charge in [0.2, 0.25) is 0 Å². The van der Waals surface area contributed by atoms with Crippen LogP contribution in [0.25, 0.3) is 10.8 Å². The minimum absolute atomic E-state index is 0.333. The first-order valence-electron chi connectivity index (χ1n) is 5.40. The molecule has 0 spiro atoms. The highest BCUT2D eigenvalue weighted by Gasteiger charge is 2.12. The van der Waals surface area contributed by atoms with E-state index in [2.05, 4.69) is 4.98 Å². The molecule has 1 heterocycles. The molecule has 0 bridgehead atoms. The Balaban J connectivity index is 2.37. The van der Waals surface area contributed by atoms with E-state index in [1.165, 1.54) is 0 Å². The molecule has 0 aliphatic rings. The summed E-state index contributed by atoms with van der Waals surface area (Å²) >= 11 is 0. The van der Waals surface area contributed by atoms with Crippen LogP contribution in [0.5, 0.6) is 0 Å². The number of nitrogens with two attached hydrogens (primary N) is 1. The molecule has 88 valence electrons. The van der Waals surface area contributed by atoms with Crippen molar-refractivity contribution in [2.45, 2.75) is 19.4 Å². The minimum atomic E-state index is -0.979. The summed E-state index contributed by atoms with van der Waals surface area (Å²) in [5.74, 6) is -0.979. The average molecular weight is 230 g/mol. The minimum Gasteiger partial charge on any atom is -0.480 e. The van der Waals surface area contributed by atoms with E-state index in [4.69, 9.17) is 10.8 Å². The van der Waals surface area contributed by atoms with Gasteiger partial charge in [-0.3, -0.25) is 9.78 Å². The number of aryl methyl sites for hydroxylation is 1. The van der Waals surface area contributed by atoms with Gasteiger partial charge in [0.1, 0.15) is 6.04 Å². The van der Waals surface area contributed by atoms with Crippen molar-refractivity contribution in [2.24, 2.45) is 5.73 Å². The standard InChI is InChI=1S/C13H14N2O2/c1-8-11-6-9(7-12(14)13(16)17)2-3-10(11)4-5-15-8/h2-6,12H,7,14H2,1H3,(H,16,17). The van der Waals surface area contributed by atoms with Crippen molar-refractivity contribution < 1.29 is 9.90 Å². The van der Waals surface area contributed by atoms with Gasteiger partial charge in [0.05, 0.1) is 0 Å². The summed E-state index contributed by atoms with van der Waals surface area (Å²) < 4.78 is 0. The van der Waals surface area contributed by atoms with Crippen LogP contribution >= 0.6 is 0 Å². The topological polar surface area (TPSA) is 76.2 Å². The van der Waals surface area contributed by atoms with E-state index in [0.29, 0.717) is 6.42 Å². The zero-order valence-electron chi connectivity index (χ0n) is 9.55. The van der Waals surface area contributed by atoms with Crippen molar-refractivity contribution >= 4 is 16.7 Å². The number of rotatable bonds is 3. The van der Waals surface area contributed by atoms with Crippen LogP contribution in [0.15, 0.2) is 30.5 Å². The maximum absolute atomic E-state index is 10.7. The predicted octanol–water partition coefficient (Wildman–Crippen LogP) is 1.50. The fraction of sp³-hybridized carbons (Fsp3) is 0.231. The zero-order valence-corrected chi connectivity index (χ0v) is 9.55. The summed E-state index contributed by atoms with van der Waals surface area (Å²) in [6.07, 6.45) is 2.10. The molecule has 17 heavy (non-hydrogen) atoms. The van der Waals surface area contributed by atoms with Gasteiger partial charge in [-0.25, -0.2) is 0 Å². The van der Waals surface area contributed by atoms with E-state index in [9.17, 15) is 4.79 Å². The lowest BCUT2D eigenvalue weighted by Crippen LogP contribution is -2.32. The molecule has 1 aromatic carbocycles. The Kier molecular flexibility index (Phi) is 3.06. The maximum Gasteiger partial charge on any atom is 0.320 e. The molecule has 4 nitrogen and oxygen atoms in total. The third-order valence-electron chi connectivity index (χ3n) is 2.80. The Labute approximate surface area is 99.1 Å². The normalized spacial score (nSPS) is 12.6. The number of aromatic nitrogens is 1. The van der Waals surface area contributed by atoms with Crippen molar-refractivity contribution in [1.29, 1.82) is 0 Å². The Bertz CT molecular complexity index is 566. The Morgan fingerprint density at radius 2 is 2.24 bits per heavy atom. The van der Waals surface area contributed by atoms with Crippen LogP contribution in [0.3, 0.4) is 0 Å². The first-order valence-corrected chi connectivity index (χ1v) is 5.40.